The summed E-state index contributed by atoms with van der Waals surface area (Å²) in [6.07, 6.45) is -2.09. The fourth-order valence-corrected chi connectivity index (χ4v) is 2.81. The van der Waals surface area contributed by atoms with Gasteiger partial charge >= 0.3 is 0 Å². The third-order valence-corrected chi connectivity index (χ3v) is 4.20. The smallest absolute Gasteiger partial charge is 0.236 e. The first-order chi connectivity index (χ1) is 14.1. The number of aromatic hydroxyl groups is 1. The van der Waals surface area contributed by atoms with Gasteiger partial charge in [-0.05, 0) is 24.3 Å². The highest BCUT2D eigenvalue weighted by molar-refractivity contribution is 5.47. The lowest BCUT2D eigenvalue weighted by Gasteiger charge is -2.27. The van der Waals surface area contributed by atoms with Gasteiger partial charge < -0.3 is 33.5 Å². The van der Waals surface area contributed by atoms with E-state index in [0.717, 1.165) is 0 Å². The lowest BCUT2D eigenvalue weighted by molar-refractivity contribution is -0.225. The number of phenolic OH excluding ortho intramolecular Hbond substituents is 1. The number of hydrogen-bond donors (Lipinski definition) is 1. The minimum Gasteiger partial charge on any atom is -0.504 e. The molecule has 3 atom stereocenters. The monoisotopic (exact) mass is 396 g/mol. The van der Waals surface area contributed by atoms with Crippen LogP contribution in [-0.2, 0) is 14.2 Å². The standard InChI is InChI=1S/C20H16N2O7/c21-7-12-1-3-14(23)16(5-12)24-9-18-26-11-20(28-18)29-19-10-25-17-6-13(8-22)2-4-15(17)27-19/h1-6,18-20,23H,9-11H2. The molecule has 148 valence electrons. The van der Waals surface area contributed by atoms with Crippen LogP contribution in [-0.4, -0.2) is 43.8 Å². The van der Waals surface area contributed by atoms with E-state index in [1.54, 1.807) is 18.2 Å². The molecular formula is C20H16N2O7. The fourth-order valence-electron chi connectivity index (χ4n) is 2.81. The first kappa shape index (κ1) is 18.8. The highest BCUT2D eigenvalue weighted by Crippen LogP contribution is 2.33. The van der Waals surface area contributed by atoms with E-state index in [1.807, 2.05) is 12.1 Å². The van der Waals surface area contributed by atoms with Gasteiger partial charge in [-0.3, -0.25) is 0 Å². The largest absolute Gasteiger partial charge is 0.504 e. The first-order valence-corrected chi connectivity index (χ1v) is 8.76. The number of benzene rings is 2. The van der Waals surface area contributed by atoms with Gasteiger partial charge in [-0.1, -0.05) is 0 Å². The number of nitriles is 2. The van der Waals surface area contributed by atoms with Crippen LogP contribution in [0.5, 0.6) is 23.0 Å². The third-order valence-electron chi connectivity index (χ3n) is 4.20. The van der Waals surface area contributed by atoms with E-state index in [1.165, 1.54) is 18.2 Å². The molecule has 0 aliphatic carbocycles. The fraction of sp³-hybridized carbons (Fsp3) is 0.300. The number of phenols is 1. The maximum absolute atomic E-state index is 9.80. The van der Waals surface area contributed by atoms with E-state index >= 15 is 0 Å². The SMILES string of the molecule is N#Cc1ccc(O)c(OCC2OCC(OC3COc4cc(C#N)ccc4O3)O2)c1. The van der Waals surface area contributed by atoms with Crippen LogP contribution in [0.4, 0.5) is 0 Å². The molecule has 0 spiro atoms. The topological polar surface area (TPSA) is 123 Å². The Bertz CT molecular complexity index is 982. The van der Waals surface area contributed by atoms with E-state index in [0.29, 0.717) is 22.6 Å². The molecule has 2 aliphatic rings. The zero-order valence-corrected chi connectivity index (χ0v) is 15.1. The Morgan fingerprint density at radius 1 is 1.00 bits per heavy atom. The van der Waals surface area contributed by atoms with Gasteiger partial charge in [-0.15, -0.1) is 0 Å². The summed E-state index contributed by atoms with van der Waals surface area (Å²) in [5.74, 6) is 1.05. The molecule has 2 heterocycles. The second-order valence-corrected chi connectivity index (χ2v) is 6.20. The summed E-state index contributed by atoms with van der Waals surface area (Å²) in [7, 11) is 0. The summed E-state index contributed by atoms with van der Waals surface area (Å²) in [6.45, 7) is 0.306. The van der Waals surface area contributed by atoms with E-state index in [9.17, 15) is 5.11 Å². The molecule has 0 aromatic heterocycles. The molecule has 2 aromatic carbocycles. The average molecular weight is 396 g/mol. The molecule has 4 rings (SSSR count). The Hall–Kier alpha value is -3.50. The summed E-state index contributed by atoms with van der Waals surface area (Å²) in [5.41, 5.74) is 0.845. The number of hydrogen-bond acceptors (Lipinski definition) is 9. The van der Waals surface area contributed by atoms with Crippen LogP contribution < -0.4 is 14.2 Å². The first-order valence-electron chi connectivity index (χ1n) is 8.76. The van der Waals surface area contributed by atoms with Crippen molar-refractivity contribution in [3.63, 3.8) is 0 Å². The van der Waals surface area contributed by atoms with Gasteiger partial charge in [0.25, 0.3) is 0 Å². The number of ether oxygens (including phenoxy) is 6. The van der Waals surface area contributed by atoms with Crippen molar-refractivity contribution in [1.29, 1.82) is 10.5 Å². The molecule has 0 radical (unpaired) electrons. The van der Waals surface area contributed by atoms with Crippen LogP contribution in [0.1, 0.15) is 11.1 Å². The van der Waals surface area contributed by atoms with Crippen molar-refractivity contribution in [3.8, 4) is 35.1 Å². The highest BCUT2D eigenvalue weighted by Gasteiger charge is 2.32. The Morgan fingerprint density at radius 3 is 2.62 bits per heavy atom. The molecule has 2 aromatic rings. The van der Waals surface area contributed by atoms with E-state index in [-0.39, 0.29) is 31.3 Å². The quantitative estimate of drug-likeness (QED) is 0.808. The molecule has 3 unspecified atom stereocenters. The average Bonchev–Trinajstić information content (AvgIpc) is 3.20. The molecule has 1 saturated heterocycles. The van der Waals surface area contributed by atoms with Crippen molar-refractivity contribution in [2.24, 2.45) is 0 Å². The van der Waals surface area contributed by atoms with Gasteiger partial charge in [0.05, 0.1) is 23.3 Å². The maximum atomic E-state index is 9.80. The Labute approximate surface area is 166 Å². The molecule has 2 aliphatic heterocycles. The van der Waals surface area contributed by atoms with Crippen LogP contribution >= 0.6 is 0 Å². The van der Waals surface area contributed by atoms with Gasteiger partial charge in [0.1, 0.15) is 13.2 Å². The molecule has 0 bridgehead atoms. The van der Waals surface area contributed by atoms with Crippen LogP contribution in [0, 0.1) is 22.7 Å². The summed E-state index contributed by atoms with van der Waals surface area (Å²) in [6, 6.07) is 13.2. The zero-order valence-electron chi connectivity index (χ0n) is 15.1. The summed E-state index contributed by atoms with van der Waals surface area (Å²) in [4.78, 5) is 0. The van der Waals surface area contributed by atoms with Crippen LogP contribution in [0.15, 0.2) is 36.4 Å². The van der Waals surface area contributed by atoms with Crippen molar-refractivity contribution in [2.45, 2.75) is 18.9 Å². The number of fused-ring (bicyclic) bond motifs is 1. The van der Waals surface area contributed by atoms with Crippen LogP contribution in [0.3, 0.4) is 0 Å². The molecule has 9 nitrogen and oxygen atoms in total. The second kappa shape index (κ2) is 8.25. The summed E-state index contributed by atoms with van der Waals surface area (Å²) < 4.78 is 33.6. The zero-order chi connectivity index (χ0) is 20.2. The van der Waals surface area contributed by atoms with Crippen LogP contribution in [0.25, 0.3) is 0 Å². The minimum absolute atomic E-state index is 0.00406. The molecule has 29 heavy (non-hydrogen) atoms. The molecule has 9 heteroatoms. The van der Waals surface area contributed by atoms with Crippen molar-refractivity contribution >= 4 is 0 Å². The van der Waals surface area contributed by atoms with Crippen LogP contribution in [0.2, 0.25) is 0 Å². The predicted octanol–water partition coefficient (Wildman–Crippen LogP) is 2.03. The number of rotatable bonds is 5. The van der Waals surface area contributed by atoms with Crippen molar-refractivity contribution in [3.05, 3.63) is 47.5 Å². The molecule has 1 N–H and O–H groups in total. The van der Waals surface area contributed by atoms with Gasteiger partial charge in [0.2, 0.25) is 6.29 Å². The normalized spacial score (nSPS) is 22.5. The highest BCUT2D eigenvalue weighted by atomic mass is 16.8. The van der Waals surface area contributed by atoms with Gasteiger partial charge in [-0.2, -0.15) is 10.5 Å². The third kappa shape index (κ3) is 4.33. The summed E-state index contributed by atoms with van der Waals surface area (Å²) in [5, 5.41) is 27.6. The second-order valence-electron chi connectivity index (χ2n) is 6.20. The lowest BCUT2D eigenvalue weighted by Crippen LogP contribution is -2.36. The molecule has 0 amide bonds. The van der Waals surface area contributed by atoms with E-state index in [4.69, 9.17) is 38.9 Å². The Balaban J connectivity index is 1.27. The van der Waals surface area contributed by atoms with Gasteiger partial charge in [0.15, 0.2) is 42.2 Å². The number of nitrogens with zero attached hydrogens (tertiary/aromatic N) is 2. The maximum Gasteiger partial charge on any atom is 0.236 e. The Kier molecular flexibility index (Phi) is 5.36. The predicted molar refractivity (Wildman–Crippen MR) is 95.1 cm³/mol. The van der Waals surface area contributed by atoms with Crippen molar-refractivity contribution in [1.82, 2.24) is 0 Å². The van der Waals surface area contributed by atoms with Gasteiger partial charge in [0, 0.05) is 12.1 Å². The van der Waals surface area contributed by atoms with Gasteiger partial charge in [-0.25, -0.2) is 0 Å². The summed E-state index contributed by atoms with van der Waals surface area (Å²) >= 11 is 0. The lowest BCUT2D eigenvalue weighted by atomic mass is 10.2. The van der Waals surface area contributed by atoms with Crippen molar-refractivity contribution < 1.29 is 33.5 Å². The minimum atomic E-state index is -0.708. The van der Waals surface area contributed by atoms with E-state index in [2.05, 4.69) is 0 Å². The molecule has 1 fully saturated rings. The molecule has 0 saturated carbocycles. The van der Waals surface area contributed by atoms with Crippen molar-refractivity contribution in [2.75, 3.05) is 19.8 Å². The van der Waals surface area contributed by atoms with E-state index < -0.39 is 18.9 Å². The Morgan fingerprint density at radius 2 is 1.79 bits per heavy atom. The molecular weight excluding hydrogens is 380 g/mol.